The highest BCUT2D eigenvalue weighted by Gasteiger charge is 2.29. The minimum absolute atomic E-state index is 0.0181. The van der Waals surface area contributed by atoms with Crippen LogP contribution in [0.1, 0.15) is 39.3 Å². The molecule has 2 N–H and O–H groups in total. The lowest BCUT2D eigenvalue weighted by atomic mass is 9.96. The molecule has 1 aromatic heterocycles. The van der Waals surface area contributed by atoms with Gasteiger partial charge in [-0.15, -0.1) is 0 Å². The highest BCUT2D eigenvalue weighted by molar-refractivity contribution is 5.88. The van der Waals surface area contributed by atoms with Gasteiger partial charge in [0.1, 0.15) is 5.82 Å². The highest BCUT2D eigenvalue weighted by Crippen LogP contribution is 2.25. The first-order valence-corrected chi connectivity index (χ1v) is 10.9. The Kier molecular flexibility index (Phi) is 7.44. The first-order valence-electron chi connectivity index (χ1n) is 10.9. The summed E-state index contributed by atoms with van der Waals surface area (Å²) < 4.78 is 0. The monoisotopic (exact) mass is 424 g/mol. The van der Waals surface area contributed by atoms with Crippen molar-refractivity contribution in [2.75, 3.05) is 41.7 Å². The molecule has 2 heterocycles. The molecule has 1 aromatic carbocycles. The van der Waals surface area contributed by atoms with Gasteiger partial charge in [0.15, 0.2) is 0 Å². The highest BCUT2D eigenvalue weighted by atomic mass is 16.2. The van der Waals surface area contributed by atoms with Crippen molar-refractivity contribution >= 4 is 35.0 Å². The van der Waals surface area contributed by atoms with Gasteiger partial charge in [0.05, 0.1) is 5.92 Å². The summed E-state index contributed by atoms with van der Waals surface area (Å²) in [5.74, 6) is 1.45. The molecule has 1 unspecified atom stereocenters. The lowest BCUT2D eigenvalue weighted by Crippen LogP contribution is -2.45. The third-order valence-corrected chi connectivity index (χ3v) is 5.45. The van der Waals surface area contributed by atoms with Crippen LogP contribution in [-0.2, 0) is 9.59 Å². The number of aryl methyl sites for hydroxylation is 1. The van der Waals surface area contributed by atoms with Gasteiger partial charge in [0, 0.05) is 56.2 Å². The Balaban J connectivity index is 1.73. The van der Waals surface area contributed by atoms with Crippen LogP contribution in [0.2, 0.25) is 0 Å². The molecule has 0 saturated carbocycles. The number of hydrogen-bond donors (Lipinski definition) is 2. The molecule has 31 heavy (non-hydrogen) atoms. The first-order chi connectivity index (χ1) is 14.9. The van der Waals surface area contributed by atoms with Crippen molar-refractivity contribution in [3.63, 3.8) is 0 Å². The summed E-state index contributed by atoms with van der Waals surface area (Å²) in [6.07, 6.45) is 1.85. The van der Waals surface area contributed by atoms with Gasteiger partial charge >= 0.3 is 0 Å². The van der Waals surface area contributed by atoms with Gasteiger partial charge in [-0.25, -0.2) is 4.98 Å². The largest absolute Gasteiger partial charge is 0.343 e. The Morgan fingerprint density at radius 2 is 1.81 bits per heavy atom. The molecular weight excluding hydrogens is 392 g/mol. The number of nitrogens with one attached hydrogen (secondary N) is 2. The maximum Gasteiger partial charge on any atom is 0.227 e. The van der Waals surface area contributed by atoms with E-state index in [0.717, 1.165) is 49.5 Å². The van der Waals surface area contributed by atoms with Crippen LogP contribution in [-0.4, -0.2) is 52.9 Å². The Labute approximate surface area is 184 Å². The van der Waals surface area contributed by atoms with Crippen LogP contribution in [0.15, 0.2) is 30.3 Å². The predicted octanol–water partition coefficient (Wildman–Crippen LogP) is 3.57. The van der Waals surface area contributed by atoms with Gasteiger partial charge in [0.2, 0.25) is 17.8 Å². The summed E-state index contributed by atoms with van der Waals surface area (Å²) in [4.78, 5) is 37.4. The molecule has 2 aromatic rings. The maximum absolute atomic E-state index is 12.8. The zero-order valence-electron chi connectivity index (χ0n) is 18.8. The molecule has 0 bridgehead atoms. The molecule has 1 atom stereocenters. The number of carbonyl (C=O) groups is 2. The number of aromatic nitrogens is 2. The Hall–Kier alpha value is -3.16. The Morgan fingerprint density at radius 1 is 1.13 bits per heavy atom. The average molecular weight is 425 g/mol. The van der Waals surface area contributed by atoms with Crippen molar-refractivity contribution in [2.24, 2.45) is 5.92 Å². The van der Waals surface area contributed by atoms with E-state index in [-0.39, 0.29) is 17.7 Å². The predicted molar refractivity (Wildman–Crippen MR) is 124 cm³/mol. The molecule has 8 nitrogen and oxygen atoms in total. The number of carbonyl (C=O) groups excluding carboxylic acids is 2. The van der Waals surface area contributed by atoms with Crippen LogP contribution in [0.5, 0.6) is 0 Å². The number of piperidine rings is 1. The van der Waals surface area contributed by atoms with E-state index in [1.165, 1.54) is 6.92 Å². The van der Waals surface area contributed by atoms with Crippen molar-refractivity contribution in [1.82, 2.24) is 14.9 Å². The van der Waals surface area contributed by atoms with E-state index in [9.17, 15) is 9.59 Å². The molecular formula is C23H32N6O2. The van der Waals surface area contributed by atoms with Crippen molar-refractivity contribution in [3.05, 3.63) is 36.0 Å². The first kappa shape index (κ1) is 22.5. The smallest absolute Gasteiger partial charge is 0.227 e. The lowest BCUT2D eigenvalue weighted by Gasteiger charge is -2.34. The molecule has 1 aliphatic heterocycles. The van der Waals surface area contributed by atoms with Crippen molar-refractivity contribution < 1.29 is 9.59 Å². The summed E-state index contributed by atoms with van der Waals surface area (Å²) >= 11 is 0. The fourth-order valence-corrected chi connectivity index (χ4v) is 3.90. The number of rotatable bonds is 7. The SMILES string of the molecule is CCN(CC)C(=O)C1CCCN(c2nc(C)cc(Nc3ccc(NC(C)=O)cc3)n2)C1. The van der Waals surface area contributed by atoms with Gasteiger partial charge in [-0.1, -0.05) is 0 Å². The second-order valence-corrected chi connectivity index (χ2v) is 7.87. The number of benzene rings is 1. The number of amides is 2. The van der Waals surface area contributed by atoms with Gasteiger partial charge < -0.3 is 20.4 Å². The fraction of sp³-hybridized carbons (Fsp3) is 0.478. The van der Waals surface area contributed by atoms with E-state index in [2.05, 4.69) is 20.5 Å². The van der Waals surface area contributed by atoms with Gasteiger partial charge in [0.25, 0.3) is 0 Å². The Bertz CT molecular complexity index is 911. The van der Waals surface area contributed by atoms with Crippen molar-refractivity contribution in [3.8, 4) is 0 Å². The van der Waals surface area contributed by atoms with Crippen LogP contribution >= 0.6 is 0 Å². The summed E-state index contributed by atoms with van der Waals surface area (Å²) in [7, 11) is 0. The molecule has 0 spiro atoms. The normalized spacial score (nSPS) is 16.0. The third-order valence-electron chi connectivity index (χ3n) is 5.45. The second kappa shape index (κ2) is 10.2. The van der Waals surface area contributed by atoms with E-state index in [0.29, 0.717) is 18.3 Å². The van der Waals surface area contributed by atoms with E-state index in [1.54, 1.807) is 0 Å². The maximum atomic E-state index is 12.8. The minimum Gasteiger partial charge on any atom is -0.343 e. The molecule has 8 heteroatoms. The number of hydrogen-bond acceptors (Lipinski definition) is 6. The summed E-state index contributed by atoms with van der Waals surface area (Å²) in [5, 5.41) is 6.07. The minimum atomic E-state index is -0.101. The van der Waals surface area contributed by atoms with Crippen LogP contribution in [0.3, 0.4) is 0 Å². The number of nitrogens with zero attached hydrogens (tertiary/aromatic N) is 4. The topological polar surface area (TPSA) is 90.5 Å². The molecule has 0 aliphatic carbocycles. The van der Waals surface area contributed by atoms with E-state index in [1.807, 2.05) is 56.0 Å². The molecule has 3 rings (SSSR count). The zero-order valence-corrected chi connectivity index (χ0v) is 18.8. The van der Waals surface area contributed by atoms with Crippen molar-refractivity contribution in [2.45, 2.75) is 40.5 Å². The van der Waals surface area contributed by atoms with E-state index >= 15 is 0 Å². The molecule has 166 valence electrons. The Morgan fingerprint density at radius 3 is 2.45 bits per heavy atom. The van der Waals surface area contributed by atoms with Crippen LogP contribution in [0.4, 0.5) is 23.1 Å². The summed E-state index contributed by atoms with van der Waals surface area (Å²) in [5.41, 5.74) is 2.47. The summed E-state index contributed by atoms with van der Waals surface area (Å²) in [6, 6.07) is 9.36. The van der Waals surface area contributed by atoms with Crippen molar-refractivity contribution in [1.29, 1.82) is 0 Å². The second-order valence-electron chi connectivity index (χ2n) is 7.87. The van der Waals surface area contributed by atoms with Crippen LogP contribution < -0.4 is 15.5 Å². The van der Waals surface area contributed by atoms with Gasteiger partial charge in [-0.2, -0.15) is 4.98 Å². The zero-order chi connectivity index (χ0) is 22.4. The quantitative estimate of drug-likeness (QED) is 0.706. The lowest BCUT2D eigenvalue weighted by molar-refractivity contribution is -0.135. The van der Waals surface area contributed by atoms with Crippen LogP contribution in [0, 0.1) is 12.8 Å². The van der Waals surface area contributed by atoms with E-state index < -0.39 is 0 Å². The van der Waals surface area contributed by atoms with Gasteiger partial charge in [-0.3, -0.25) is 9.59 Å². The average Bonchev–Trinajstić information content (AvgIpc) is 2.75. The third kappa shape index (κ3) is 5.93. The fourth-order valence-electron chi connectivity index (χ4n) is 3.90. The van der Waals surface area contributed by atoms with Gasteiger partial charge in [-0.05, 0) is 57.9 Å². The molecule has 1 saturated heterocycles. The number of anilines is 4. The molecule has 2 amide bonds. The van der Waals surface area contributed by atoms with E-state index in [4.69, 9.17) is 4.98 Å². The standard InChI is InChI=1S/C23H32N6O2/c1-5-28(6-2)22(31)18-8-7-13-29(15-18)23-24-16(3)14-21(27-23)26-20-11-9-19(10-12-20)25-17(4)30/h9-12,14,18H,5-8,13,15H2,1-4H3,(H,25,30)(H,24,26,27). The summed E-state index contributed by atoms with van der Waals surface area (Å²) in [6.45, 7) is 10.4. The molecule has 1 aliphatic rings. The molecule has 1 fully saturated rings. The van der Waals surface area contributed by atoms with Crippen LogP contribution in [0.25, 0.3) is 0 Å². The molecule has 0 radical (unpaired) electrons.